The molecule has 0 spiro atoms. The lowest BCUT2D eigenvalue weighted by Gasteiger charge is -2.07. The normalized spacial score (nSPS) is 11.0. The Kier molecular flexibility index (Phi) is 4.16. The summed E-state index contributed by atoms with van der Waals surface area (Å²) in [5.74, 6) is 0.429. The number of fused-ring (bicyclic) bond motifs is 1. The molecule has 0 fully saturated rings. The number of hydrogen-bond acceptors (Lipinski definition) is 7. The molecule has 0 amide bonds. The van der Waals surface area contributed by atoms with Crippen molar-refractivity contribution >= 4 is 28.5 Å². The maximum absolute atomic E-state index is 9.14. The Bertz CT molecular complexity index is 1060. The summed E-state index contributed by atoms with van der Waals surface area (Å²) in [5.41, 5.74) is 10.3. The molecule has 8 nitrogen and oxygen atoms in total. The van der Waals surface area contributed by atoms with Gasteiger partial charge in [0.2, 0.25) is 5.95 Å². The molecule has 0 saturated heterocycles. The SMILES string of the molecule is Nc1cccc(Nc2ncc3nnn(-c4cccc(CCO)c4)c3n2)c1. The Morgan fingerprint density at radius 3 is 2.85 bits per heavy atom. The van der Waals surface area contributed by atoms with E-state index < -0.39 is 0 Å². The molecule has 4 aromatic rings. The van der Waals surface area contributed by atoms with Crippen molar-refractivity contribution in [1.82, 2.24) is 25.0 Å². The van der Waals surface area contributed by atoms with Crippen LogP contribution in [0.25, 0.3) is 16.9 Å². The van der Waals surface area contributed by atoms with Gasteiger partial charge < -0.3 is 16.2 Å². The van der Waals surface area contributed by atoms with Gasteiger partial charge >= 0.3 is 0 Å². The summed E-state index contributed by atoms with van der Waals surface area (Å²) in [5, 5.41) is 20.6. The van der Waals surface area contributed by atoms with Crippen LogP contribution in [0.1, 0.15) is 5.56 Å². The van der Waals surface area contributed by atoms with E-state index in [-0.39, 0.29) is 6.61 Å². The molecular formula is C18H17N7O. The molecule has 0 aliphatic rings. The van der Waals surface area contributed by atoms with Crippen molar-refractivity contribution in [2.45, 2.75) is 6.42 Å². The van der Waals surface area contributed by atoms with E-state index in [0.29, 0.717) is 29.2 Å². The van der Waals surface area contributed by atoms with E-state index >= 15 is 0 Å². The third kappa shape index (κ3) is 3.17. The van der Waals surface area contributed by atoms with Crippen molar-refractivity contribution < 1.29 is 5.11 Å². The summed E-state index contributed by atoms with van der Waals surface area (Å²) >= 11 is 0. The van der Waals surface area contributed by atoms with Gasteiger partial charge in [-0.25, -0.2) is 4.98 Å². The van der Waals surface area contributed by atoms with Gasteiger partial charge in [0.1, 0.15) is 0 Å². The van der Waals surface area contributed by atoms with Gasteiger partial charge in [-0.2, -0.15) is 9.67 Å². The molecule has 0 unspecified atom stereocenters. The molecule has 2 aromatic carbocycles. The summed E-state index contributed by atoms with van der Waals surface area (Å²) in [7, 11) is 0. The molecule has 4 N–H and O–H groups in total. The van der Waals surface area contributed by atoms with Crippen molar-refractivity contribution in [3.8, 4) is 5.69 Å². The number of nitrogen functional groups attached to an aromatic ring is 1. The smallest absolute Gasteiger partial charge is 0.229 e. The summed E-state index contributed by atoms with van der Waals surface area (Å²) in [6.45, 7) is 0.0952. The lowest BCUT2D eigenvalue weighted by Crippen LogP contribution is -2.02. The number of nitrogens with two attached hydrogens (primary N) is 1. The minimum Gasteiger partial charge on any atom is -0.399 e. The number of aliphatic hydroxyl groups excluding tert-OH is 1. The molecule has 2 heterocycles. The Hall–Kier alpha value is -3.52. The minimum atomic E-state index is 0.0952. The monoisotopic (exact) mass is 347 g/mol. The lowest BCUT2D eigenvalue weighted by molar-refractivity contribution is 0.299. The fraction of sp³-hybridized carbons (Fsp3) is 0.111. The molecule has 0 radical (unpaired) electrons. The molecule has 8 heteroatoms. The zero-order chi connectivity index (χ0) is 17.9. The topological polar surface area (TPSA) is 115 Å². The summed E-state index contributed by atoms with van der Waals surface area (Å²) in [4.78, 5) is 8.81. The first-order chi connectivity index (χ1) is 12.7. The Morgan fingerprint density at radius 1 is 1.12 bits per heavy atom. The van der Waals surface area contributed by atoms with Crippen molar-refractivity contribution in [3.05, 3.63) is 60.3 Å². The minimum absolute atomic E-state index is 0.0952. The van der Waals surface area contributed by atoms with Gasteiger partial charge in [-0.1, -0.05) is 23.4 Å². The predicted molar refractivity (Wildman–Crippen MR) is 99.4 cm³/mol. The Morgan fingerprint density at radius 2 is 2.00 bits per heavy atom. The summed E-state index contributed by atoms with van der Waals surface area (Å²) < 4.78 is 1.66. The number of nitrogens with zero attached hydrogens (tertiary/aromatic N) is 5. The van der Waals surface area contributed by atoms with Gasteiger partial charge in [-0.05, 0) is 42.3 Å². The Balaban J connectivity index is 1.72. The van der Waals surface area contributed by atoms with Crippen LogP contribution < -0.4 is 11.1 Å². The van der Waals surface area contributed by atoms with Crippen LogP contribution in [0.5, 0.6) is 0 Å². The Labute approximate surface area is 149 Å². The van der Waals surface area contributed by atoms with Crippen LogP contribution in [0.15, 0.2) is 54.7 Å². The molecule has 26 heavy (non-hydrogen) atoms. The van der Waals surface area contributed by atoms with Crippen molar-refractivity contribution in [2.75, 3.05) is 17.7 Å². The molecule has 0 aliphatic carbocycles. The van der Waals surface area contributed by atoms with Crippen molar-refractivity contribution in [3.63, 3.8) is 0 Å². The molecule has 2 aromatic heterocycles. The van der Waals surface area contributed by atoms with Gasteiger partial charge in [-0.15, -0.1) is 5.10 Å². The first-order valence-electron chi connectivity index (χ1n) is 8.14. The fourth-order valence-corrected chi connectivity index (χ4v) is 2.68. The third-order valence-electron chi connectivity index (χ3n) is 3.89. The summed E-state index contributed by atoms with van der Waals surface area (Å²) in [6.07, 6.45) is 2.20. The van der Waals surface area contributed by atoms with E-state index in [9.17, 15) is 0 Å². The van der Waals surface area contributed by atoms with Gasteiger partial charge in [-0.3, -0.25) is 0 Å². The van der Waals surface area contributed by atoms with Crippen LogP contribution in [0.4, 0.5) is 17.3 Å². The number of rotatable bonds is 5. The lowest BCUT2D eigenvalue weighted by atomic mass is 10.1. The van der Waals surface area contributed by atoms with E-state index in [1.165, 1.54) is 0 Å². The van der Waals surface area contributed by atoms with E-state index in [1.54, 1.807) is 10.9 Å². The molecule has 0 bridgehead atoms. The van der Waals surface area contributed by atoms with E-state index in [0.717, 1.165) is 16.9 Å². The molecule has 0 saturated carbocycles. The number of benzene rings is 2. The van der Waals surface area contributed by atoms with E-state index in [2.05, 4.69) is 25.6 Å². The first-order valence-corrected chi connectivity index (χ1v) is 8.14. The molecule has 0 atom stereocenters. The number of anilines is 3. The molecule has 4 rings (SSSR count). The highest BCUT2D eigenvalue weighted by atomic mass is 16.2. The highest BCUT2D eigenvalue weighted by molar-refractivity contribution is 5.73. The van der Waals surface area contributed by atoms with Crippen LogP contribution in [0.3, 0.4) is 0 Å². The number of nitrogens with one attached hydrogen (secondary N) is 1. The van der Waals surface area contributed by atoms with Gasteiger partial charge in [0, 0.05) is 18.0 Å². The second-order valence-electron chi connectivity index (χ2n) is 5.80. The molecular weight excluding hydrogens is 330 g/mol. The average Bonchev–Trinajstić information content (AvgIpc) is 3.05. The molecule has 130 valence electrons. The highest BCUT2D eigenvalue weighted by Crippen LogP contribution is 2.19. The first kappa shape index (κ1) is 16.0. The molecule has 0 aliphatic heterocycles. The maximum atomic E-state index is 9.14. The van der Waals surface area contributed by atoms with Crippen molar-refractivity contribution in [2.24, 2.45) is 0 Å². The third-order valence-corrected chi connectivity index (χ3v) is 3.89. The quantitative estimate of drug-likeness (QED) is 0.473. The maximum Gasteiger partial charge on any atom is 0.229 e. The predicted octanol–water partition coefficient (Wildman–Crippen LogP) is 2.07. The van der Waals surface area contributed by atoms with Crippen molar-refractivity contribution in [1.29, 1.82) is 0 Å². The number of aromatic nitrogens is 5. The summed E-state index contributed by atoms with van der Waals surface area (Å²) in [6, 6.07) is 15.1. The second-order valence-corrected chi connectivity index (χ2v) is 5.80. The van der Waals surface area contributed by atoms with Gasteiger partial charge in [0.25, 0.3) is 0 Å². The van der Waals surface area contributed by atoms with Crippen LogP contribution in [-0.2, 0) is 6.42 Å². The van der Waals surface area contributed by atoms with Gasteiger partial charge in [0.05, 0.1) is 11.9 Å². The highest BCUT2D eigenvalue weighted by Gasteiger charge is 2.11. The fourth-order valence-electron chi connectivity index (χ4n) is 2.68. The van der Waals surface area contributed by atoms with Crippen LogP contribution in [-0.4, -0.2) is 36.7 Å². The number of hydrogen-bond donors (Lipinski definition) is 3. The second kappa shape index (κ2) is 6.77. The van der Waals surface area contributed by atoms with Gasteiger partial charge in [0.15, 0.2) is 11.2 Å². The zero-order valence-electron chi connectivity index (χ0n) is 13.9. The average molecular weight is 347 g/mol. The largest absolute Gasteiger partial charge is 0.399 e. The number of aliphatic hydroxyl groups is 1. The van der Waals surface area contributed by atoms with Crippen LogP contribution in [0.2, 0.25) is 0 Å². The zero-order valence-corrected chi connectivity index (χ0v) is 13.9. The van der Waals surface area contributed by atoms with Crippen LogP contribution in [0, 0.1) is 0 Å². The van der Waals surface area contributed by atoms with Crippen LogP contribution >= 0.6 is 0 Å². The van der Waals surface area contributed by atoms with E-state index in [4.69, 9.17) is 10.8 Å². The standard InChI is InChI=1S/C18H17N7O/c19-13-4-2-5-14(10-13)21-18-20-11-16-17(22-18)25(24-23-16)15-6-1-3-12(9-15)7-8-26/h1-6,9-11,26H,7-8,19H2,(H,20,21,22). The van der Waals surface area contributed by atoms with E-state index in [1.807, 2.05) is 48.5 Å².